The monoisotopic (exact) mass is 547 g/mol. The molecular formula is C20H15ClF9N5O. The first-order valence-electron chi connectivity index (χ1n) is 9.97. The Morgan fingerprint density at radius 2 is 1.64 bits per heavy atom. The summed E-state index contributed by atoms with van der Waals surface area (Å²) in [5.74, 6) is -2.89. The lowest BCUT2D eigenvalue weighted by Crippen LogP contribution is -2.18. The highest BCUT2D eigenvalue weighted by Crippen LogP contribution is 2.42. The van der Waals surface area contributed by atoms with Gasteiger partial charge in [0.2, 0.25) is 5.82 Å². The molecule has 16 heteroatoms. The molecule has 0 bridgehead atoms. The molecule has 6 nitrogen and oxygen atoms in total. The van der Waals surface area contributed by atoms with E-state index in [0.717, 1.165) is 0 Å². The SMILES string of the molecule is CC(=O)CCCNc1c2c(C(F)(F)F)nc(C(F)(F)F)nc2nn1-c1c(C)cc(C(F)(F)F)cc1Cl. The van der Waals surface area contributed by atoms with Crippen LogP contribution in [0.5, 0.6) is 0 Å². The number of benzene rings is 1. The molecule has 0 radical (unpaired) electrons. The minimum absolute atomic E-state index is 0.0278. The van der Waals surface area contributed by atoms with Gasteiger partial charge in [0.25, 0.3) is 0 Å². The third-order valence-electron chi connectivity index (χ3n) is 4.85. The van der Waals surface area contributed by atoms with Gasteiger partial charge in [-0.1, -0.05) is 11.6 Å². The van der Waals surface area contributed by atoms with Gasteiger partial charge < -0.3 is 10.1 Å². The number of carbonyl (C=O) groups is 1. The number of aryl methyl sites for hydroxylation is 1. The van der Waals surface area contributed by atoms with Crippen LogP contribution in [0.25, 0.3) is 16.7 Å². The molecular weight excluding hydrogens is 533 g/mol. The second-order valence-corrected chi connectivity index (χ2v) is 8.11. The van der Waals surface area contributed by atoms with Crippen LogP contribution in [-0.2, 0) is 23.3 Å². The molecule has 0 amide bonds. The van der Waals surface area contributed by atoms with E-state index in [1.807, 2.05) is 0 Å². The number of alkyl halides is 9. The first-order chi connectivity index (χ1) is 16.4. The number of anilines is 1. The minimum atomic E-state index is -5.39. The highest BCUT2D eigenvalue weighted by molar-refractivity contribution is 6.32. The number of fused-ring (bicyclic) bond motifs is 1. The lowest BCUT2D eigenvalue weighted by atomic mass is 10.1. The Labute approximate surface area is 201 Å². The molecule has 2 aromatic heterocycles. The minimum Gasteiger partial charge on any atom is -0.369 e. The molecule has 0 aliphatic rings. The van der Waals surface area contributed by atoms with Gasteiger partial charge in [-0.15, -0.1) is 5.10 Å². The summed E-state index contributed by atoms with van der Waals surface area (Å²) in [6.07, 6.45) is -15.4. The normalized spacial score (nSPS) is 12.9. The predicted octanol–water partition coefficient (Wildman–Crippen LogP) is 6.61. The molecule has 0 aliphatic heterocycles. The van der Waals surface area contributed by atoms with Gasteiger partial charge in [-0.3, -0.25) is 0 Å². The van der Waals surface area contributed by atoms with Crippen molar-refractivity contribution in [3.63, 3.8) is 0 Å². The van der Waals surface area contributed by atoms with Crippen LogP contribution >= 0.6 is 11.6 Å². The summed E-state index contributed by atoms with van der Waals surface area (Å²) >= 11 is 6.04. The van der Waals surface area contributed by atoms with Crippen molar-refractivity contribution in [2.24, 2.45) is 0 Å². The number of nitrogens with one attached hydrogen (secondary N) is 1. The maximum Gasteiger partial charge on any atom is 0.451 e. The highest BCUT2D eigenvalue weighted by atomic mass is 35.5. The molecule has 0 unspecified atom stereocenters. The van der Waals surface area contributed by atoms with Crippen molar-refractivity contribution in [3.8, 4) is 5.69 Å². The number of nitrogens with zero attached hydrogens (tertiary/aromatic N) is 4. The lowest BCUT2D eigenvalue weighted by Gasteiger charge is -2.17. The second-order valence-electron chi connectivity index (χ2n) is 7.70. The van der Waals surface area contributed by atoms with E-state index in [0.29, 0.717) is 16.8 Å². The Bertz CT molecular complexity index is 1290. The van der Waals surface area contributed by atoms with Gasteiger partial charge in [0, 0.05) is 13.0 Å². The van der Waals surface area contributed by atoms with Crippen molar-refractivity contribution < 1.29 is 44.3 Å². The Kier molecular flexibility index (Phi) is 7.18. The molecule has 0 aliphatic carbocycles. The summed E-state index contributed by atoms with van der Waals surface area (Å²) in [6, 6.07) is 1.16. The topological polar surface area (TPSA) is 72.7 Å². The van der Waals surface area contributed by atoms with E-state index in [4.69, 9.17) is 11.6 Å². The van der Waals surface area contributed by atoms with Gasteiger partial charge in [-0.05, 0) is 38.0 Å². The molecule has 0 atom stereocenters. The van der Waals surface area contributed by atoms with Crippen molar-refractivity contribution in [1.29, 1.82) is 0 Å². The third kappa shape index (κ3) is 5.65. The Morgan fingerprint density at radius 3 is 2.14 bits per heavy atom. The van der Waals surface area contributed by atoms with Crippen LogP contribution in [0, 0.1) is 6.92 Å². The van der Waals surface area contributed by atoms with Crippen molar-refractivity contribution in [1.82, 2.24) is 19.7 Å². The quantitative estimate of drug-likeness (QED) is 0.278. The van der Waals surface area contributed by atoms with Crippen LogP contribution in [-0.4, -0.2) is 32.1 Å². The van der Waals surface area contributed by atoms with Gasteiger partial charge in [0.1, 0.15) is 11.6 Å². The second kappa shape index (κ2) is 9.41. The molecule has 2 heterocycles. The van der Waals surface area contributed by atoms with E-state index in [2.05, 4.69) is 20.4 Å². The highest BCUT2D eigenvalue weighted by Gasteiger charge is 2.43. The molecule has 0 saturated heterocycles. The van der Waals surface area contributed by atoms with Crippen molar-refractivity contribution in [2.45, 2.75) is 45.2 Å². The van der Waals surface area contributed by atoms with Crippen LogP contribution in [0.15, 0.2) is 12.1 Å². The number of Topliss-reactive ketones (excluding diaryl/α,β-unsaturated/α-hetero) is 1. The van der Waals surface area contributed by atoms with Crippen LogP contribution in [0.2, 0.25) is 5.02 Å². The van der Waals surface area contributed by atoms with Gasteiger partial charge in [0.15, 0.2) is 11.3 Å². The molecule has 36 heavy (non-hydrogen) atoms. The number of aromatic nitrogens is 4. The largest absolute Gasteiger partial charge is 0.451 e. The summed E-state index contributed by atoms with van der Waals surface area (Å²) < 4.78 is 121. The molecule has 3 rings (SSSR count). The van der Waals surface area contributed by atoms with Crippen molar-refractivity contribution in [2.75, 3.05) is 11.9 Å². The zero-order chi connectivity index (χ0) is 27.2. The van der Waals surface area contributed by atoms with E-state index in [1.165, 1.54) is 13.8 Å². The van der Waals surface area contributed by atoms with Gasteiger partial charge >= 0.3 is 18.5 Å². The first-order valence-corrected chi connectivity index (χ1v) is 10.3. The van der Waals surface area contributed by atoms with Gasteiger partial charge in [0.05, 0.1) is 21.7 Å². The Hall–Kier alpha value is -3.10. The number of hydrogen-bond acceptors (Lipinski definition) is 5. The summed E-state index contributed by atoms with van der Waals surface area (Å²) in [5, 5.41) is 4.76. The maximum absolute atomic E-state index is 13.8. The Morgan fingerprint density at radius 1 is 1.00 bits per heavy atom. The number of rotatable bonds is 6. The lowest BCUT2D eigenvalue weighted by molar-refractivity contribution is -0.151. The van der Waals surface area contributed by atoms with Gasteiger partial charge in [-0.25, -0.2) is 14.6 Å². The fourth-order valence-corrected chi connectivity index (χ4v) is 3.71. The fraction of sp³-hybridized carbons (Fsp3) is 0.400. The fourth-order valence-electron chi connectivity index (χ4n) is 3.36. The Balaban J connectivity index is 2.35. The maximum atomic E-state index is 13.8. The molecule has 0 spiro atoms. The number of hydrogen-bond donors (Lipinski definition) is 1. The first kappa shape index (κ1) is 27.5. The van der Waals surface area contributed by atoms with E-state index >= 15 is 0 Å². The molecule has 0 fully saturated rings. The van der Waals surface area contributed by atoms with Crippen molar-refractivity contribution >= 4 is 34.2 Å². The number of halogens is 10. The molecule has 1 N–H and O–H groups in total. The summed E-state index contributed by atoms with van der Waals surface area (Å²) in [5.41, 5.74) is -4.64. The number of carbonyl (C=O) groups excluding carboxylic acids is 1. The molecule has 1 aromatic carbocycles. The van der Waals surface area contributed by atoms with Crippen LogP contribution < -0.4 is 5.32 Å². The standard InChI is InChI=1S/C20H15ClF9N5O/c1-8-6-10(18(22,23)24)7-11(21)13(8)35-16(31-5-3-4-9(2)36)12-14(19(25,26)27)32-17(20(28,29)30)33-15(12)34-35/h6-7,31H,3-5H2,1-2H3. The zero-order valence-electron chi connectivity index (χ0n) is 18.3. The van der Waals surface area contributed by atoms with Gasteiger partial charge in [-0.2, -0.15) is 39.5 Å². The van der Waals surface area contributed by atoms with E-state index in [-0.39, 0.29) is 36.4 Å². The summed E-state index contributed by atoms with van der Waals surface area (Å²) in [7, 11) is 0. The predicted molar refractivity (Wildman–Crippen MR) is 110 cm³/mol. The van der Waals surface area contributed by atoms with Crippen LogP contribution in [0.1, 0.15) is 42.4 Å². The summed E-state index contributed by atoms with van der Waals surface area (Å²) in [4.78, 5) is 17.0. The third-order valence-corrected chi connectivity index (χ3v) is 5.13. The number of ketones is 1. The molecule has 0 saturated carbocycles. The van der Waals surface area contributed by atoms with Crippen LogP contribution in [0.4, 0.5) is 45.3 Å². The smallest absolute Gasteiger partial charge is 0.369 e. The average Bonchev–Trinajstić information content (AvgIpc) is 3.05. The van der Waals surface area contributed by atoms with E-state index in [1.54, 1.807) is 0 Å². The van der Waals surface area contributed by atoms with Crippen molar-refractivity contribution in [3.05, 3.63) is 39.8 Å². The zero-order valence-corrected chi connectivity index (χ0v) is 19.0. The average molecular weight is 548 g/mol. The van der Waals surface area contributed by atoms with E-state index < -0.39 is 57.5 Å². The van der Waals surface area contributed by atoms with E-state index in [9.17, 15) is 44.3 Å². The summed E-state index contributed by atoms with van der Waals surface area (Å²) in [6.45, 7) is 2.30. The molecule has 3 aromatic rings. The van der Waals surface area contributed by atoms with Crippen LogP contribution in [0.3, 0.4) is 0 Å². The molecule has 196 valence electrons.